The fourth-order valence-electron chi connectivity index (χ4n) is 0.933. The molecule has 1 aromatic carbocycles. The van der Waals surface area contributed by atoms with E-state index < -0.39 is 0 Å². The zero-order valence-electron chi connectivity index (χ0n) is 7.25. The zero-order chi connectivity index (χ0) is 9.84. The summed E-state index contributed by atoms with van der Waals surface area (Å²) >= 11 is 7.09. The summed E-state index contributed by atoms with van der Waals surface area (Å²) < 4.78 is 0. The average molecular weight is 215 g/mol. The minimum atomic E-state index is 0.637. The summed E-state index contributed by atoms with van der Waals surface area (Å²) in [5.74, 6) is 0. The Labute approximate surface area is 87.1 Å². The first-order valence-corrected chi connectivity index (χ1v) is 5.00. The van der Waals surface area contributed by atoms with E-state index in [-0.39, 0.29) is 0 Å². The van der Waals surface area contributed by atoms with Gasteiger partial charge in [0.2, 0.25) is 0 Å². The Hall–Kier alpha value is -0.640. The van der Waals surface area contributed by atoms with Crippen LogP contribution in [-0.4, -0.2) is 0 Å². The van der Waals surface area contributed by atoms with Gasteiger partial charge in [-0.1, -0.05) is 41.7 Å². The lowest BCUT2D eigenvalue weighted by Crippen LogP contribution is -2.00. The van der Waals surface area contributed by atoms with Gasteiger partial charge in [0.1, 0.15) is 0 Å². The molecule has 0 saturated carbocycles. The van der Waals surface area contributed by atoms with Gasteiger partial charge < -0.3 is 5.73 Å². The van der Waals surface area contributed by atoms with Gasteiger partial charge in [0, 0.05) is 15.5 Å². The summed E-state index contributed by atoms with van der Waals surface area (Å²) in [5, 5.41) is 6.04. The van der Waals surface area contributed by atoms with Gasteiger partial charge in [-0.15, -0.1) is 0 Å². The highest BCUT2D eigenvalue weighted by molar-refractivity contribution is 8.01. The van der Waals surface area contributed by atoms with Crippen LogP contribution in [0.25, 0.3) is 5.70 Å². The number of rotatable bonds is 2. The van der Waals surface area contributed by atoms with E-state index in [2.05, 4.69) is 0 Å². The topological polar surface area (TPSA) is 52.0 Å². The fourth-order valence-corrected chi connectivity index (χ4v) is 1.41. The first kappa shape index (κ1) is 10.4. The Morgan fingerprint density at radius 3 is 2.54 bits per heavy atom. The maximum absolute atomic E-state index is 5.96. The van der Waals surface area contributed by atoms with Crippen LogP contribution in [-0.2, 0) is 0 Å². The first-order chi connectivity index (χ1) is 6.16. The Bertz CT molecular complexity index is 336. The molecular weight excluding hydrogens is 204 g/mol. The standard InChI is InChI=1S/C9H11ClN2S/c1-6(13-12)9(11)7-4-2-3-5-8(7)10/h2-5H,11-12H2,1H3/b9-6-. The van der Waals surface area contributed by atoms with Crippen molar-refractivity contribution >= 4 is 29.2 Å². The Kier molecular flexibility index (Phi) is 3.66. The van der Waals surface area contributed by atoms with Gasteiger partial charge in [-0.3, -0.25) is 5.14 Å². The monoisotopic (exact) mass is 214 g/mol. The number of allylic oxidation sites excluding steroid dienone is 1. The second-order valence-corrected chi connectivity index (χ2v) is 3.82. The van der Waals surface area contributed by atoms with Crippen LogP contribution in [0.3, 0.4) is 0 Å². The van der Waals surface area contributed by atoms with Gasteiger partial charge in [0.25, 0.3) is 0 Å². The smallest absolute Gasteiger partial charge is 0.0509 e. The summed E-state index contributed by atoms with van der Waals surface area (Å²) in [6.45, 7) is 1.86. The third-order valence-electron chi connectivity index (χ3n) is 1.72. The Morgan fingerprint density at radius 1 is 1.38 bits per heavy atom. The largest absolute Gasteiger partial charge is 0.398 e. The lowest BCUT2D eigenvalue weighted by Gasteiger charge is -2.06. The molecule has 0 aromatic heterocycles. The van der Waals surface area contributed by atoms with Crippen LogP contribution in [0.2, 0.25) is 5.02 Å². The molecule has 0 atom stereocenters. The van der Waals surface area contributed by atoms with Crippen molar-refractivity contribution in [3.05, 3.63) is 39.8 Å². The minimum Gasteiger partial charge on any atom is -0.398 e. The van der Waals surface area contributed by atoms with E-state index in [9.17, 15) is 0 Å². The van der Waals surface area contributed by atoms with E-state index >= 15 is 0 Å². The average Bonchev–Trinajstić information content (AvgIpc) is 2.16. The van der Waals surface area contributed by atoms with Gasteiger partial charge in [0.15, 0.2) is 0 Å². The van der Waals surface area contributed by atoms with Crippen molar-refractivity contribution < 1.29 is 0 Å². The molecule has 0 bridgehead atoms. The highest BCUT2D eigenvalue weighted by Gasteiger charge is 2.04. The quantitative estimate of drug-likeness (QED) is 0.745. The molecule has 4 heteroatoms. The number of halogens is 1. The molecule has 0 radical (unpaired) electrons. The number of hydrogen-bond acceptors (Lipinski definition) is 3. The van der Waals surface area contributed by atoms with Crippen LogP contribution in [0.4, 0.5) is 0 Å². The zero-order valence-corrected chi connectivity index (χ0v) is 8.82. The van der Waals surface area contributed by atoms with Crippen molar-refractivity contribution in [3.8, 4) is 0 Å². The van der Waals surface area contributed by atoms with Gasteiger partial charge in [-0.2, -0.15) is 0 Å². The Balaban J connectivity index is 3.16. The van der Waals surface area contributed by atoms with E-state index in [1.54, 1.807) is 6.07 Å². The van der Waals surface area contributed by atoms with Crippen molar-refractivity contribution in [1.29, 1.82) is 0 Å². The highest BCUT2D eigenvalue weighted by Crippen LogP contribution is 2.24. The van der Waals surface area contributed by atoms with E-state index in [0.29, 0.717) is 10.7 Å². The minimum absolute atomic E-state index is 0.637. The fraction of sp³-hybridized carbons (Fsp3) is 0.111. The second kappa shape index (κ2) is 4.56. The van der Waals surface area contributed by atoms with Gasteiger partial charge in [-0.25, -0.2) is 0 Å². The summed E-state index contributed by atoms with van der Waals surface area (Å²) in [6.07, 6.45) is 0. The molecule has 2 nitrogen and oxygen atoms in total. The van der Waals surface area contributed by atoms with Crippen LogP contribution >= 0.6 is 23.5 Å². The molecule has 0 aliphatic carbocycles. The van der Waals surface area contributed by atoms with Crippen molar-refractivity contribution in [2.45, 2.75) is 6.92 Å². The van der Waals surface area contributed by atoms with E-state index in [1.807, 2.05) is 25.1 Å². The van der Waals surface area contributed by atoms with Gasteiger partial charge in [0.05, 0.1) is 5.70 Å². The summed E-state index contributed by atoms with van der Waals surface area (Å²) in [4.78, 5) is 0.869. The molecule has 4 N–H and O–H groups in total. The van der Waals surface area contributed by atoms with Crippen LogP contribution in [0, 0.1) is 0 Å². The molecule has 0 heterocycles. The molecule has 1 rings (SSSR count). The van der Waals surface area contributed by atoms with Gasteiger partial charge >= 0.3 is 0 Å². The molecule has 70 valence electrons. The van der Waals surface area contributed by atoms with Crippen LogP contribution in [0.15, 0.2) is 29.2 Å². The van der Waals surface area contributed by atoms with Crippen molar-refractivity contribution in [2.75, 3.05) is 0 Å². The van der Waals surface area contributed by atoms with Crippen LogP contribution in [0.5, 0.6) is 0 Å². The lowest BCUT2D eigenvalue weighted by molar-refractivity contribution is 1.47. The number of nitrogens with two attached hydrogens (primary N) is 2. The molecule has 0 amide bonds. The third kappa shape index (κ3) is 2.40. The predicted molar refractivity (Wildman–Crippen MR) is 60.0 cm³/mol. The molecule has 0 aliphatic heterocycles. The van der Waals surface area contributed by atoms with E-state index in [4.69, 9.17) is 22.5 Å². The lowest BCUT2D eigenvalue weighted by atomic mass is 10.1. The van der Waals surface area contributed by atoms with Crippen molar-refractivity contribution in [1.82, 2.24) is 0 Å². The molecule has 0 unspecified atom stereocenters. The molecule has 0 spiro atoms. The van der Waals surface area contributed by atoms with Crippen molar-refractivity contribution in [2.24, 2.45) is 10.9 Å². The molecule has 1 aromatic rings. The van der Waals surface area contributed by atoms with Crippen LogP contribution < -0.4 is 10.9 Å². The van der Waals surface area contributed by atoms with Crippen molar-refractivity contribution in [3.63, 3.8) is 0 Å². The number of benzene rings is 1. The number of hydrogen-bond donors (Lipinski definition) is 2. The second-order valence-electron chi connectivity index (χ2n) is 2.57. The van der Waals surface area contributed by atoms with Gasteiger partial charge in [-0.05, 0) is 13.0 Å². The third-order valence-corrected chi connectivity index (χ3v) is 2.62. The summed E-state index contributed by atoms with van der Waals surface area (Å²) in [6, 6.07) is 7.43. The molecule has 0 aliphatic rings. The molecule has 0 fully saturated rings. The first-order valence-electron chi connectivity index (χ1n) is 3.74. The maximum atomic E-state index is 5.96. The molecular formula is C9H11ClN2S. The highest BCUT2D eigenvalue weighted by atomic mass is 35.5. The molecule has 0 saturated heterocycles. The SMILES string of the molecule is C/C(SN)=C(/N)c1ccccc1Cl. The van der Waals surface area contributed by atoms with Crippen LogP contribution in [0.1, 0.15) is 12.5 Å². The van der Waals surface area contributed by atoms with E-state index in [0.717, 1.165) is 22.4 Å². The summed E-state index contributed by atoms with van der Waals surface area (Å²) in [7, 11) is 0. The Morgan fingerprint density at radius 2 is 2.00 bits per heavy atom. The summed E-state index contributed by atoms with van der Waals surface area (Å²) in [5.41, 5.74) is 7.31. The van der Waals surface area contributed by atoms with E-state index in [1.165, 1.54) is 0 Å². The predicted octanol–water partition coefficient (Wildman–Crippen LogP) is 2.59. The molecule has 13 heavy (non-hydrogen) atoms. The normalized spacial score (nSPS) is 12.5. The maximum Gasteiger partial charge on any atom is 0.0509 e.